The van der Waals surface area contributed by atoms with Gasteiger partial charge in [0.25, 0.3) is 0 Å². The Labute approximate surface area is 120 Å². The van der Waals surface area contributed by atoms with Gasteiger partial charge >= 0.3 is 0 Å². The van der Waals surface area contributed by atoms with Gasteiger partial charge in [-0.3, -0.25) is 4.79 Å². The Morgan fingerprint density at radius 1 is 1.05 bits per heavy atom. The zero-order valence-electron chi connectivity index (χ0n) is 12.1. The third kappa shape index (κ3) is 3.06. The second-order valence-electron chi connectivity index (χ2n) is 5.13. The Hall–Kier alpha value is -2.13. The van der Waals surface area contributed by atoms with Crippen molar-refractivity contribution in [3.63, 3.8) is 0 Å². The number of carbonyl (C=O) groups is 1. The van der Waals surface area contributed by atoms with Crippen molar-refractivity contribution < 1.29 is 4.79 Å². The van der Waals surface area contributed by atoms with Gasteiger partial charge in [0, 0.05) is 12.7 Å². The van der Waals surface area contributed by atoms with E-state index in [9.17, 15) is 4.79 Å². The molecule has 0 saturated carbocycles. The molecule has 0 unspecified atom stereocenters. The third-order valence-electron chi connectivity index (χ3n) is 3.35. The number of hydrogen-bond acceptors (Lipinski definition) is 2. The van der Waals surface area contributed by atoms with Gasteiger partial charge in [-0.2, -0.15) is 0 Å². The van der Waals surface area contributed by atoms with Crippen LogP contribution in [0.3, 0.4) is 0 Å². The molecule has 0 aliphatic rings. The summed E-state index contributed by atoms with van der Waals surface area (Å²) < 4.78 is 0. The van der Waals surface area contributed by atoms with Crippen molar-refractivity contribution in [2.24, 2.45) is 5.73 Å². The topological polar surface area (TPSA) is 46.3 Å². The third-order valence-corrected chi connectivity index (χ3v) is 3.35. The molecule has 0 saturated heterocycles. The van der Waals surface area contributed by atoms with Crippen LogP contribution in [0, 0.1) is 13.8 Å². The average molecular weight is 268 g/mol. The molecule has 0 heterocycles. The monoisotopic (exact) mass is 268 g/mol. The predicted molar refractivity (Wildman–Crippen MR) is 82.7 cm³/mol. The first-order valence-electron chi connectivity index (χ1n) is 6.65. The summed E-state index contributed by atoms with van der Waals surface area (Å²) in [5.74, 6) is -0.110. The molecule has 0 aliphatic carbocycles. The molecular weight excluding hydrogens is 248 g/mol. The van der Waals surface area contributed by atoms with Crippen LogP contribution in [-0.4, -0.2) is 13.0 Å². The van der Waals surface area contributed by atoms with Crippen molar-refractivity contribution >= 4 is 11.6 Å². The van der Waals surface area contributed by atoms with Crippen molar-refractivity contribution in [3.05, 3.63) is 65.2 Å². The van der Waals surface area contributed by atoms with Gasteiger partial charge in [0.1, 0.15) is 6.04 Å². The number of nitrogens with two attached hydrogens (primary N) is 1. The number of anilines is 1. The van der Waals surface area contributed by atoms with Crippen LogP contribution >= 0.6 is 0 Å². The fourth-order valence-electron chi connectivity index (χ4n) is 2.28. The summed E-state index contributed by atoms with van der Waals surface area (Å²) in [5.41, 5.74) is 10.0. The van der Waals surface area contributed by atoms with E-state index in [1.807, 2.05) is 56.3 Å². The van der Waals surface area contributed by atoms with E-state index in [0.717, 1.165) is 22.4 Å². The molecule has 0 aliphatic heterocycles. The van der Waals surface area contributed by atoms with Crippen LogP contribution in [0.4, 0.5) is 5.69 Å². The number of carbonyl (C=O) groups excluding carboxylic acids is 1. The number of benzene rings is 2. The zero-order chi connectivity index (χ0) is 14.7. The minimum atomic E-state index is -0.637. The number of rotatable bonds is 3. The average Bonchev–Trinajstić information content (AvgIpc) is 2.45. The minimum Gasteiger partial charge on any atom is -0.316 e. The highest BCUT2D eigenvalue weighted by Crippen LogP contribution is 2.21. The van der Waals surface area contributed by atoms with Crippen molar-refractivity contribution in [1.29, 1.82) is 0 Å². The quantitative estimate of drug-likeness (QED) is 0.930. The molecule has 104 valence electrons. The molecule has 0 radical (unpaired) electrons. The largest absolute Gasteiger partial charge is 0.316 e. The number of nitrogens with zero attached hydrogens (tertiary/aromatic N) is 1. The fraction of sp³-hybridized carbons (Fsp3) is 0.235. The summed E-state index contributed by atoms with van der Waals surface area (Å²) in [6, 6.07) is 14.9. The first-order chi connectivity index (χ1) is 9.49. The van der Waals surface area contributed by atoms with Gasteiger partial charge in [0.15, 0.2) is 0 Å². The van der Waals surface area contributed by atoms with E-state index in [2.05, 4.69) is 6.07 Å². The van der Waals surface area contributed by atoms with Crippen molar-refractivity contribution in [3.8, 4) is 0 Å². The van der Waals surface area contributed by atoms with Gasteiger partial charge in [-0.25, -0.2) is 0 Å². The SMILES string of the molecule is Cc1cc(C)cc(N(C)C(=O)[C@@H](N)c2ccccc2)c1. The summed E-state index contributed by atoms with van der Waals surface area (Å²) in [6.07, 6.45) is 0. The van der Waals surface area contributed by atoms with E-state index in [1.54, 1.807) is 11.9 Å². The lowest BCUT2D eigenvalue weighted by molar-refractivity contribution is -0.119. The second-order valence-corrected chi connectivity index (χ2v) is 5.13. The fourth-order valence-corrected chi connectivity index (χ4v) is 2.28. The summed E-state index contributed by atoms with van der Waals surface area (Å²) in [6.45, 7) is 4.04. The molecule has 2 aromatic rings. The normalized spacial score (nSPS) is 12.0. The van der Waals surface area contributed by atoms with Gasteiger partial charge in [-0.05, 0) is 42.7 Å². The highest BCUT2D eigenvalue weighted by atomic mass is 16.2. The van der Waals surface area contributed by atoms with Gasteiger partial charge in [-0.1, -0.05) is 36.4 Å². The predicted octanol–water partition coefficient (Wildman–Crippen LogP) is 2.97. The number of hydrogen-bond donors (Lipinski definition) is 1. The Morgan fingerprint density at radius 2 is 1.60 bits per heavy atom. The van der Waals surface area contributed by atoms with Crippen LogP contribution in [0.15, 0.2) is 48.5 Å². The number of aryl methyl sites for hydroxylation is 2. The lowest BCUT2D eigenvalue weighted by Gasteiger charge is -2.22. The maximum absolute atomic E-state index is 12.5. The standard InChI is InChI=1S/C17H20N2O/c1-12-9-13(2)11-15(10-12)19(3)17(20)16(18)14-7-5-4-6-8-14/h4-11,16H,18H2,1-3H3/t16-/m0/s1. The van der Waals surface area contributed by atoms with Crippen molar-refractivity contribution in [2.75, 3.05) is 11.9 Å². The van der Waals surface area contributed by atoms with Gasteiger partial charge in [0.2, 0.25) is 5.91 Å². The lowest BCUT2D eigenvalue weighted by atomic mass is 10.1. The molecule has 0 spiro atoms. The first kappa shape index (κ1) is 14.3. The molecule has 20 heavy (non-hydrogen) atoms. The van der Waals surface area contributed by atoms with Gasteiger partial charge in [-0.15, -0.1) is 0 Å². The first-order valence-corrected chi connectivity index (χ1v) is 6.65. The van der Waals surface area contributed by atoms with E-state index in [-0.39, 0.29) is 5.91 Å². The smallest absolute Gasteiger partial charge is 0.248 e. The summed E-state index contributed by atoms with van der Waals surface area (Å²) in [5, 5.41) is 0. The summed E-state index contributed by atoms with van der Waals surface area (Å²) in [7, 11) is 1.76. The van der Waals surface area contributed by atoms with Crippen molar-refractivity contribution in [1.82, 2.24) is 0 Å². The lowest BCUT2D eigenvalue weighted by Crippen LogP contribution is -2.35. The summed E-state index contributed by atoms with van der Waals surface area (Å²) >= 11 is 0. The highest BCUT2D eigenvalue weighted by Gasteiger charge is 2.20. The van der Waals surface area contributed by atoms with E-state index >= 15 is 0 Å². The molecule has 1 atom stereocenters. The molecule has 3 nitrogen and oxygen atoms in total. The van der Waals surface area contributed by atoms with E-state index < -0.39 is 6.04 Å². The molecule has 3 heteroatoms. The van der Waals surface area contributed by atoms with Crippen LogP contribution < -0.4 is 10.6 Å². The molecule has 1 amide bonds. The molecule has 0 fully saturated rings. The molecule has 2 N–H and O–H groups in total. The summed E-state index contributed by atoms with van der Waals surface area (Å²) in [4.78, 5) is 14.1. The molecule has 0 aromatic heterocycles. The molecular formula is C17H20N2O. The highest BCUT2D eigenvalue weighted by molar-refractivity contribution is 5.97. The maximum Gasteiger partial charge on any atom is 0.248 e. The zero-order valence-corrected chi connectivity index (χ0v) is 12.1. The number of amides is 1. The second kappa shape index (κ2) is 5.88. The van der Waals surface area contributed by atoms with E-state index in [1.165, 1.54) is 0 Å². The van der Waals surface area contributed by atoms with Crippen LogP contribution in [0.5, 0.6) is 0 Å². The minimum absolute atomic E-state index is 0.110. The van der Waals surface area contributed by atoms with Gasteiger partial charge in [0.05, 0.1) is 0 Å². The Bertz CT molecular complexity index is 587. The van der Waals surface area contributed by atoms with E-state index in [4.69, 9.17) is 5.73 Å². The Morgan fingerprint density at radius 3 is 2.15 bits per heavy atom. The van der Waals surface area contributed by atoms with Gasteiger partial charge < -0.3 is 10.6 Å². The van der Waals surface area contributed by atoms with Crippen LogP contribution in [0.2, 0.25) is 0 Å². The van der Waals surface area contributed by atoms with Crippen molar-refractivity contribution in [2.45, 2.75) is 19.9 Å². The van der Waals surface area contributed by atoms with Crippen LogP contribution in [0.25, 0.3) is 0 Å². The van der Waals surface area contributed by atoms with Crippen LogP contribution in [-0.2, 0) is 4.79 Å². The van der Waals surface area contributed by atoms with Crippen LogP contribution in [0.1, 0.15) is 22.7 Å². The Balaban J connectivity index is 2.24. The number of likely N-dealkylation sites (N-methyl/N-ethyl adjacent to an activating group) is 1. The molecule has 2 rings (SSSR count). The molecule has 2 aromatic carbocycles. The van der Waals surface area contributed by atoms with E-state index in [0.29, 0.717) is 0 Å². The maximum atomic E-state index is 12.5. The molecule has 0 bridgehead atoms. The Kier molecular flexibility index (Phi) is 4.20.